The number of hydrogen-bond donors (Lipinski definition) is 1. The van der Waals surface area contributed by atoms with Gasteiger partial charge in [0.2, 0.25) is 23.7 Å². The van der Waals surface area contributed by atoms with Gasteiger partial charge in [-0.25, -0.2) is 19.9 Å². The van der Waals surface area contributed by atoms with Crippen LogP contribution in [-0.4, -0.2) is 167 Å². The fourth-order valence-corrected chi connectivity index (χ4v) is 17.7. The zero-order chi connectivity index (χ0) is 83.6. The number of nitrogens with zero attached hydrogens (tertiary/aromatic N) is 10. The number of carbonyl (C=O) groups excluding carboxylic acids is 3. The first-order chi connectivity index (χ1) is 55.9. The Labute approximate surface area is 675 Å². The van der Waals surface area contributed by atoms with Crippen LogP contribution in [0.4, 0.5) is 76.0 Å². The maximum atomic E-state index is 14.6. The minimum atomic E-state index is -5.01. The molecule has 6 aromatic rings. The third-order valence-electron chi connectivity index (χ3n) is 23.7. The minimum absolute atomic E-state index is 0.00497. The quantitative estimate of drug-likeness (QED) is 0.0469. The number of hydrogen-bond acceptors (Lipinski definition) is 16. The van der Waals surface area contributed by atoms with Crippen LogP contribution in [0, 0.1) is 23.7 Å². The number of aromatic nitrogens is 4. The topological polar surface area (TPSA) is 196 Å². The predicted octanol–water partition coefficient (Wildman–Crippen LogP) is 17.3. The summed E-state index contributed by atoms with van der Waals surface area (Å²) in [6.45, 7) is 12.0. The number of esters is 1. The Bertz CT molecular complexity index is 4070. The lowest BCUT2D eigenvalue weighted by Gasteiger charge is -2.49. The van der Waals surface area contributed by atoms with Gasteiger partial charge in [0.1, 0.15) is 0 Å². The molecule has 7 heterocycles. The van der Waals surface area contributed by atoms with E-state index in [2.05, 4.69) is 24.8 Å². The zero-order valence-electron chi connectivity index (χ0n) is 66.4. The third-order valence-corrected chi connectivity index (χ3v) is 23.7. The van der Waals surface area contributed by atoms with E-state index in [1.165, 1.54) is 12.8 Å². The van der Waals surface area contributed by atoms with Crippen LogP contribution in [-0.2, 0) is 88.8 Å². The van der Waals surface area contributed by atoms with Gasteiger partial charge < -0.3 is 53.5 Å². The normalized spacial score (nSPS) is 23.5. The fourth-order valence-electron chi connectivity index (χ4n) is 17.7. The van der Waals surface area contributed by atoms with Crippen LogP contribution in [0.25, 0.3) is 0 Å². The van der Waals surface area contributed by atoms with Gasteiger partial charge in [0.05, 0.1) is 91.5 Å². The smallest absolute Gasteiger partial charge is 0.416 e. The Balaban J connectivity index is 0.000000217. The highest BCUT2D eigenvalue weighted by Gasteiger charge is 2.47. The number of amides is 2. The molecular formula is C86H106F12N10O9. The van der Waals surface area contributed by atoms with Crippen LogP contribution >= 0.6 is 0 Å². The molecule has 0 radical (unpaired) electrons. The molecular weight excluding hydrogens is 1540 g/mol. The average Bonchev–Trinajstić information content (AvgIpc) is 1.10. The first kappa shape index (κ1) is 89.0. The molecule has 0 unspecified atom stereocenters. The van der Waals surface area contributed by atoms with Gasteiger partial charge in [-0.3, -0.25) is 19.2 Å². The summed E-state index contributed by atoms with van der Waals surface area (Å²) in [5.74, 6) is -1.02. The second-order valence-corrected chi connectivity index (χ2v) is 31.7. The van der Waals surface area contributed by atoms with E-state index < -0.39 is 65.0 Å². The Kier molecular flexibility index (Phi) is 31.0. The summed E-state index contributed by atoms with van der Waals surface area (Å²) in [6.07, 6.45) is -1.71. The van der Waals surface area contributed by atoms with Crippen molar-refractivity contribution < 1.29 is 95.9 Å². The lowest BCUT2D eigenvalue weighted by molar-refractivity contribution is -0.147. The predicted molar refractivity (Wildman–Crippen MR) is 416 cm³/mol. The van der Waals surface area contributed by atoms with Gasteiger partial charge in [0.15, 0.2) is 0 Å². The van der Waals surface area contributed by atoms with E-state index in [-0.39, 0.29) is 120 Å². The van der Waals surface area contributed by atoms with Crippen molar-refractivity contribution in [3.05, 3.63) is 166 Å². The number of anilines is 4. The summed E-state index contributed by atoms with van der Waals surface area (Å²) in [7, 11) is 0. The molecule has 31 heteroatoms. The van der Waals surface area contributed by atoms with Gasteiger partial charge in [-0.05, 0) is 193 Å². The van der Waals surface area contributed by atoms with Gasteiger partial charge in [0, 0.05) is 113 Å². The second kappa shape index (κ2) is 40.7. The summed E-state index contributed by atoms with van der Waals surface area (Å²) in [4.78, 5) is 82.8. The Morgan fingerprint density at radius 3 is 1.09 bits per heavy atom. The largest absolute Gasteiger partial charge is 0.481 e. The van der Waals surface area contributed by atoms with E-state index in [1.54, 1.807) is 41.5 Å². The number of carboxylic acid groups (broad SMARTS) is 1. The number of morpholine rings is 2. The van der Waals surface area contributed by atoms with E-state index >= 15 is 0 Å². The SMILES string of the molecule is C1CCOC1.CCOC(=O)CC1CCC(C(=O)N2[C@H](CC)C[C@H](N(Cc3cc(C(F)(F)F)cc(C(F)(F)F)c3)c3ncc(N4CCOCC4)cn3)C[C@@H]2Cc2ccccc2)CC1.CC[C@@H]1C[C@H](N(Cc2cc(C(F)(F)F)cc(C(F)(F)F)c2)c2ncc(N3CCOCC3)cn2)C[C@H](Cc2ccccc2)N1C(=O)C1CCC(CC(=O)O)CC1. The van der Waals surface area contributed by atoms with Crippen molar-refractivity contribution in [1.29, 1.82) is 0 Å². The average molecular weight is 1650 g/mol. The Morgan fingerprint density at radius 2 is 0.778 bits per heavy atom. The Hall–Kier alpha value is -8.84. The van der Waals surface area contributed by atoms with Crippen molar-refractivity contribution in [1.82, 2.24) is 29.7 Å². The van der Waals surface area contributed by atoms with Crippen LogP contribution in [0.15, 0.2) is 122 Å². The number of rotatable bonds is 23. The molecule has 5 saturated heterocycles. The molecule has 19 nitrogen and oxygen atoms in total. The third kappa shape index (κ3) is 24.7. The minimum Gasteiger partial charge on any atom is -0.481 e. The number of halogens is 12. The van der Waals surface area contributed by atoms with Crippen LogP contribution in [0.5, 0.6) is 0 Å². The molecule has 2 saturated carbocycles. The summed E-state index contributed by atoms with van der Waals surface area (Å²) >= 11 is 0. The number of ether oxygens (including phenoxy) is 4. The zero-order valence-corrected chi connectivity index (χ0v) is 66.4. The molecule has 117 heavy (non-hydrogen) atoms. The molecule has 1 N–H and O–H groups in total. The highest BCUT2D eigenvalue weighted by molar-refractivity contribution is 5.81. The van der Waals surface area contributed by atoms with Gasteiger partial charge in [0.25, 0.3) is 0 Å². The molecule has 7 fully saturated rings. The van der Waals surface area contributed by atoms with Gasteiger partial charge >= 0.3 is 36.6 Å². The number of benzene rings is 4. The summed E-state index contributed by atoms with van der Waals surface area (Å²) in [5, 5.41) is 9.31. The Morgan fingerprint density at radius 1 is 0.444 bits per heavy atom. The van der Waals surface area contributed by atoms with Crippen LogP contribution in [0.3, 0.4) is 0 Å². The van der Waals surface area contributed by atoms with E-state index in [0.717, 1.165) is 72.8 Å². The fraction of sp³-hybridized carbons (Fsp3) is 0.581. The van der Waals surface area contributed by atoms with E-state index in [1.807, 2.05) is 89.2 Å². The highest BCUT2D eigenvalue weighted by atomic mass is 19.4. The van der Waals surface area contributed by atoms with E-state index in [4.69, 9.17) is 18.9 Å². The maximum Gasteiger partial charge on any atom is 0.416 e. The number of carbonyl (C=O) groups is 4. The highest BCUT2D eigenvalue weighted by Crippen LogP contribution is 2.44. The standard InChI is InChI=1S/C42H51F6N5O4.C40H47F6N5O4.C4H8O/c1-3-34-23-35(24-36(20-28-8-6-5-7-9-28)53(34)39(55)31-12-10-29(11-13-31)21-38(54)57-4-2)52(40-49-25-37(26-50-40)51-14-16-56-17-15-51)27-30-18-32(41(43,44)45)22-33(19-30)42(46,47)48;1-2-32-21-33(22-34(18-26-6-4-3-5-7-26)51(32)37(54)29-10-8-27(9-11-29)19-36(52)53)50(38-47-23-35(24-48-38)49-12-14-55-15-13-49)25-28-16-30(39(41,42)43)20-31(17-28)40(44,45)46;1-2-4-5-3-1/h5-9,18-19,22,25-26,29,31,34-36H,3-4,10-17,20-21,23-24,27H2,1-2H3;3-7,16-17,20,23-24,27,29,32-34H,2,8-15,18-19,21-22,25H2,1H3,(H,52,53);1-4H2/t29?,31?,34-,35+,36+;27?,29?,32-,33+,34+;/m11./s1. The van der Waals surface area contributed by atoms with Crippen molar-refractivity contribution in [3.63, 3.8) is 0 Å². The van der Waals surface area contributed by atoms with Crippen LogP contribution < -0.4 is 19.6 Å². The maximum absolute atomic E-state index is 14.6. The van der Waals surface area contributed by atoms with E-state index in [0.29, 0.717) is 156 Å². The lowest BCUT2D eigenvalue weighted by Crippen LogP contribution is -2.59. The van der Waals surface area contributed by atoms with E-state index in [9.17, 15) is 77.0 Å². The van der Waals surface area contributed by atoms with Crippen LogP contribution in [0.1, 0.15) is 181 Å². The first-order valence-corrected chi connectivity index (χ1v) is 41.0. The molecule has 2 amide bonds. The number of piperidine rings is 2. The number of carboxylic acids is 1. The number of aliphatic carboxylic acids is 1. The van der Waals surface area contributed by atoms with Crippen molar-refractivity contribution >= 4 is 47.0 Å². The first-order valence-electron chi connectivity index (χ1n) is 41.0. The summed E-state index contributed by atoms with van der Waals surface area (Å²) in [6, 6.07) is 20.5. The van der Waals surface area contributed by atoms with Gasteiger partial charge in [-0.15, -0.1) is 0 Å². The summed E-state index contributed by atoms with van der Waals surface area (Å²) in [5.41, 5.74) is -2.50. The summed E-state index contributed by atoms with van der Waals surface area (Å²) < 4.78 is 189. The van der Waals surface area contributed by atoms with Gasteiger partial charge in [-0.2, -0.15) is 52.7 Å². The molecule has 5 aliphatic heterocycles. The molecule has 4 aromatic carbocycles. The molecule has 2 aliphatic carbocycles. The second-order valence-electron chi connectivity index (χ2n) is 31.7. The van der Waals surface area contributed by atoms with Crippen molar-refractivity contribution in [2.45, 2.75) is 223 Å². The number of alkyl halides is 12. The molecule has 638 valence electrons. The molecule has 2 aromatic heterocycles. The molecule has 0 bridgehead atoms. The van der Waals surface area contributed by atoms with Crippen molar-refractivity contribution in [3.8, 4) is 0 Å². The molecule has 0 spiro atoms. The van der Waals surface area contributed by atoms with Crippen molar-refractivity contribution in [2.75, 3.05) is 92.0 Å². The molecule has 13 rings (SSSR count). The lowest BCUT2D eigenvalue weighted by atomic mass is 9.78. The van der Waals surface area contributed by atoms with Gasteiger partial charge in [-0.1, -0.05) is 74.5 Å². The van der Waals surface area contributed by atoms with Crippen molar-refractivity contribution in [2.24, 2.45) is 23.7 Å². The van der Waals surface area contributed by atoms with Crippen LogP contribution in [0.2, 0.25) is 0 Å². The molecule has 6 atom stereocenters. The number of likely N-dealkylation sites (tertiary alicyclic amines) is 2. The molecule has 7 aliphatic rings. The monoisotopic (exact) mass is 1650 g/mol.